The van der Waals surface area contributed by atoms with Crippen molar-refractivity contribution in [2.75, 3.05) is 0 Å². The zero-order valence-electron chi connectivity index (χ0n) is 15.4. The lowest BCUT2D eigenvalue weighted by molar-refractivity contribution is -0.138. The van der Waals surface area contributed by atoms with E-state index in [2.05, 4.69) is 4.98 Å². The Morgan fingerprint density at radius 2 is 1.73 bits per heavy atom. The average Bonchev–Trinajstić information content (AvgIpc) is 2.73. The Morgan fingerprint density at radius 1 is 1.03 bits per heavy atom. The van der Waals surface area contributed by atoms with Crippen LogP contribution in [0, 0.1) is 0 Å². The fraction of sp³-hybridized carbons (Fsp3) is 0.0909. The fourth-order valence-electron chi connectivity index (χ4n) is 2.65. The summed E-state index contributed by atoms with van der Waals surface area (Å²) in [5, 5.41) is 10.6. The maximum Gasteiger partial charge on any atom is 0.416 e. The Morgan fingerprint density at radius 3 is 2.37 bits per heavy atom. The van der Waals surface area contributed by atoms with E-state index in [-0.39, 0.29) is 22.9 Å². The molecule has 30 heavy (non-hydrogen) atoms. The summed E-state index contributed by atoms with van der Waals surface area (Å²) in [6, 6.07) is 15.8. The fourth-order valence-corrected chi connectivity index (χ4v) is 2.85. The number of benzene rings is 2. The van der Waals surface area contributed by atoms with Crippen LogP contribution in [0.4, 0.5) is 13.2 Å². The molecule has 0 aliphatic rings. The summed E-state index contributed by atoms with van der Waals surface area (Å²) in [4.78, 5) is 16.8. The van der Waals surface area contributed by atoms with Gasteiger partial charge in [-0.3, -0.25) is 4.98 Å². The van der Waals surface area contributed by atoms with Gasteiger partial charge in [-0.05, 0) is 35.9 Å². The topological polar surface area (TPSA) is 59.4 Å². The zero-order chi connectivity index (χ0) is 21.7. The molecule has 3 aromatic rings. The van der Waals surface area contributed by atoms with Crippen molar-refractivity contribution in [3.05, 3.63) is 100 Å². The molecule has 0 radical (unpaired) electrons. The molecule has 1 N–H and O–H groups in total. The number of aliphatic hydroxyl groups is 1. The molecule has 0 unspecified atom stereocenters. The van der Waals surface area contributed by atoms with Crippen LogP contribution in [0.3, 0.4) is 0 Å². The van der Waals surface area contributed by atoms with Crippen LogP contribution in [0.2, 0.25) is 5.02 Å². The summed E-state index contributed by atoms with van der Waals surface area (Å²) in [6.45, 7) is -0.0976. The van der Waals surface area contributed by atoms with Gasteiger partial charge < -0.3 is 9.84 Å². The van der Waals surface area contributed by atoms with Crippen molar-refractivity contribution in [1.82, 2.24) is 4.98 Å². The molecule has 0 bridgehead atoms. The minimum atomic E-state index is -4.65. The van der Waals surface area contributed by atoms with E-state index in [0.29, 0.717) is 11.6 Å². The molecule has 1 heterocycles. The molecular formula is C22H15ClF3NO3. The lowest BCUT2D eigenvalue weighted by Crippen LogP contribution is -2.11. The number of pyridine rings is 1. The van der Waals surface area contributed by atoms with Crippen LogP contribution in [0.15, 0.2) is 72.9 Å². The first-order valence-electron chi connectivity index (χ1n) is 8.70. The largest absolute Gasteiger partial charge is 0.506 e. The van der Waals surface area contributed by atoms with Gasteiger partial charge in [0.15, 0.2) is 0 Å². The number of halogens is 4. The summed E-state index contributed by atoms with van der Waals surface area (Å²) in [6.07, 6.45) is -3.28. The molecular weight excluding hydrogens is 419 g/mol. The number of ether oxygens (including phenoxy) is 1. The third-order valence-corrected chi connectivity index (χ3v) is 4.45. The van der Waals surface area contributed by atoms with Gasteiger partial charge in [-0.2, -0.15) is 13.2 Å². The molecule has 8 heteroatoms. The van der Waals surface area contributed by atoms with Crippen molar-refractivity contribution in [3.8, 4) is 0 Å². The van der Waals surface area contributed by atoms with Crippen LogP contribution in [0.25, 0.3) is 11.3 Å². The summed E-state index contributed by atoms with van der Waals surface area (Å²) in [7, 11) is 0. The molecule has 154 valence electrons. The Labute approximate surface area is 175 Å². The molecule has 0 saturated carbocycles. The van der Waals surface area contributed by atoms with Gasteiger partial charge in [0, 0.05) is 11.8 Å². The van der Waals surface area contributed by atoms with E-state index in [9.17, 15) is 23.1 Å². The standard InChI is InChI=1S/C22H15ClF3NO3/c23-17-10-9-15(22(24,25)26)12-16(17)20(28)19(18-8-4-5-11-27-18)21(29)30-13-14-6-2-1-3-7-14/h1-12,28H,13H2/b20-19-. The Bertz CT molecular complexity index is 1070. The first-order chi connectivity index (χ1) is 14.3. The van der Waals surface area contributed by atoms with Gasteiger partial charge >= 0.3 is 12.1 Å². The van der Waals surface area contributed by atoms with Crippen LogP contribution >= 0.6 is 11.6 Å². The van der Waals surface area contributed by atoms with E-state index in [1.165, 1.54) is 12.3 Å². The van der Waals surface area contributed by atoms with E-state index in [1.54, 1.807) is 42.5 Å². The van der Waals surface area contributed by atoms with Gasteiger partial charge in [0.2, 0.25) is 0 Å². The highest BCUT2D eigenvalue weighted by atomic mass is 35.5. The summed E-state index contributed by atoms with van der Waals surface area (Å²) >= 11 is 6.02. The summed E-state index contributed by atoms with van der Waals surface area (Å²) in [5.41, 5.74) is -1.05. The van der Waals surface area contributed by atoms with Gasteiger partial charge in [0.05, 0.1) is 16.3 Å². The van der Waals surface area contributed by atoms with Crippen LogP contribution in [0.5, 0.6) is 0 Å². The lowest BCUT2D eigenvalue weighted by atomic mass is 10.0. The van der Waals surface area contributed by atoms with Gasteiger partial charge in [-0.25, -0.2) is 4.79 Å². The molecule has 0 amide bonds. The highest BCUT2D eigenvalue weighted by Crippen LogP contribution is 2.35. The van der Waals surface area contributed by atoms with E-state index in [4.69, 9.17) is 16.3 Å². The molecule has 0 aliphatic heterocycles. The minimum absolute atomic E-state index is 0.0292. The van der Waals surface area contributed by atoms with Crippen molar-refractivity contribution in [2.24, 2.45) is 0 Å². The second-order valence-electron chi connectivity index (χ2n) is 6.19. The van der Waals surface area contributed by atoms with Crippen molar-refractivity contribution < 1.29 is 27.8 Å². The first kappa shape index (κ1) is 21.4. The molecule has 0 atom stereocenters. The molecule has 0 aliphatic carbocycles. The third-order valence-electron chi connectivity index (χ3n) is 4.12. The maximum atomic E-state index is 13.1. The predicted octanol–water partition coefficient (Wildman–Crippen LogP) is 5.92. The van der Waals surface area contributed by atoms with Crippen molar-refractivity contribution in [3.63, 3.8) is 0 Å². The summed E-state index contributed by atoms with van der Waals surface area (Å²) < 4.78 is 44.6. The molecule has 4 nitrogen and oxygen atoms in total. The van der Waals surface area contributed by atoms with E-state index < -0.39 is 29.0 Å². The Kier molecular flexibility index (Phi) is 6.42. The zero-order valence-corrected chi connectivity index (χ0v) is 16.1. The molecule has 1 aromatic heterocycles. The van der Waals surface area contributed by atoms with Gasteiger partial charge in [0.1, 0.15) is 17.9 Å². The predicted molar refractivity (Wildman–Crippen MR) is 106 cm³/mol. The number of aliphatic hydroxyl groups excluding tert-OH is 1. The number of rotatable bonds is 5. The molecule has 3 rings (SSSR count). The highest BCUT2D eigenvalue weighted by molar-refractivity contribution is 6.33. The van der Waals surface area contributed by atoms with E-state index in [0.717, 1.165) is 12.1 Å². The monoisotopic (exact) mass is 433 g/mol. The Balaban J connectivity index is 2.06. The lowest BCUT2D eigenvalue weighted by Gasteiger charge is -2.14. The van der Waals surface area contributed by atoms with Crippen LogP contribution in [0.1, 0.15) is 22.4 Å². The van der Waals surface area contributed by atoms with Crippen molar-refractivity contribution >= 4 is 28.9 Å². The molecule has 0 fully saturated rings. The highest BCUT2D eigenvalue weighted by Gasteiger charge is 2.32. The number of carbonyl (C=O) groups excluding carboxylic acids is 1. The quantitative estimate of drug-likeness (QED) is 0.308. The summed E-state index contributed by atoms with van der Waals surface area (Å²) in [5.74, 6) is -1.72. The Hall–Kier alpha value is -3.32. The third kappa shape index (κ3) is 4.99. The number of esters is 1. The number of carbonyl (C=O) groups is 1. The van der Waals surface area contributed by atoms with E-state index in [1.807, 2.05) is 0 Å². The molecule has 0 saturated heterocycles. The van der Waals surface area contributed by atoms with Crippen LogP contribution in [-0.4, -0.2) is 16.1 Å². The molecule has 2 aromatic carbocycles. The first-order valence-corrected chi connectivity index (χ1v) is 9.08. The number of nitrogens with zero attached hydrogens (tertiary/aromatic N) is 1. The normalized spacial score (nSPS) is 12.3. The maximum absolute atomic E-state index is 13.1. The number of aromatic nitrogens is 1. The van der Waals surface area contributed by atoms with Crippen LogP contribution in [-0.2, 0) is 22.3 Å². The minimum Gasteiger partial charge on any atom is -0.506 e. The van der Waals surface area contributed by atoms with E-state index >= 15 is 0 Å². The van der Waals surface area contributed by atoms with Gasteiger partial charge in [0.25, 0.3) is 0 Å². The second-order valence-corrected chi connectivity index (χ2v) is 6.60. The van der Waals surface area contributed by atoms with Crippen molar-refractivity contribution in [1.29, 1.82) is 0 Å². The van der Waals surface area contributed by atoms with Gasteiger partial charge in [-0.1, -0.05) is 48.0 Å². The number of alkyl halides is 3. The van der Waals surface area contributed by atoms with Gasteiger partial charge in [-0.15, -0.1) is 0 Å². The smallest absolute Gasteiger partial charge is 0.416 e. The average molecular weight is 434 g/mol. The second kappa shape index (κ2) is 9.00. The molecule has 0 spiro atoms. The number of hydrogen-bond acceptors (Lipinski definition) is 4. The van der Waals surface area contributed by atoms with Crippen molar-refractivity contribution in [2.45, 2.75) is 12.8 Å². The number of hydrogen-bond donors (Lipinski definition) is 1. The SMILES string of the molecule is O=C(OCc1ccccc1)/C(=C(\O)c1cc(C(F)(F)F)ccc1Cl)c1ccccn1. The van der Waals surface area contributed by atoms with Crippen LogP contribution < -0.4 is 0 Å².